The van der Waals surface area contributed by atoms with Crippen molar-refractivity contribution in [3.8, 4) is 5.75 Å². The molecule has 1 aliphatic rings. The zero-order chi connectivity index (χ0) is 12.6. The molecule has 0 spiro atoms. The van der Waals surface area contributed by atoms with Crippen molar-refractivity contribution in [3.05, 3.63) is 29.8 Å². The number of benzene rings is 1. The average molecular weight is 251 g/mol. The van der Waals surface area contributed by atoms with Crippen LogP contribution in [0.2, 0.25) is 0 Å². The molecule has 2 rings (SSSR count). The molecule has 1 saturated heterocycles. The van der Waals surface area contributed by atoms with Crippen molar-refractivity contribution in [2.45, 2.75) is 19.1 Å². The van der Waals surface area contributed by atoms with Crippen LogP contribution in [0.4, 0.5) is 0 Å². The maximum absolute atomic E-state index is 5.63. The quantitative estimate of drug-likeness (QED) is 0.747. The number of hydrogen-bond donors (Lipinski definition) is 1. The van der Waals surface area contributed by atoms with Gasteiger partial charge in [0.2, 0.25) is 0 Å². The fraction of sp³-hybridized carbons (Fsp3) is 0.571. The molecule has 0 aromatic heterocycles. The molecule has 1 N–H and O–H groups in total. The fourth-order valence-electron chi connectivity index (χ4n) is 1.93. The van der Waals surface area contributed by atoms with Crippen molar-refractivity contribution >= 4 is 0 Å². The first kappa shape index (κ1) is 13.3. The van der Waals surface area contributed by atoms with Gasteiger partial charge in [0, 0.05) is 13.2 Å². The summed E-state index contributed by atoms with van der Waals surface area (Å²) in [5, 5.41) is 3.11. The Balaban J connectivity index is 1.63. The lowest BCUT2D eigenvalue weighted by molar-refractivity contribution is 0.0265. The predicted molar refractivity (Wildman–Crippen MR) is 69.9 cm³/mol. The molecule has 100 valence electrons. The molecular weight excluding hydrogens is 230 g/mol. The van der Waals surface area contributed by atoms with E-state index >= 15 is 0 Å². The normalized spacial score (nSPS) is 19.1. The standard InChI is InChI=1S/C14H21NO3/c1-15-10-12-2-4-13(5-3-12)17-8-9-18-14-6-7-16-11-14/h2-5,14-15H,6-11H2,1H3. The van der Waals surface area contributed by atoms with Crippen molar-refractivity contribution in [3.63, 3.8) is 0 Å². The molecule has 4 heteroatoms. The SMILES string of the molecule is CNCc1ccc(OCCOC2CCOC2)cc1. The van der Waals surface area contributed by atoms with Crippen LogP contribution in [0, 0.1) is 0 Å². The van der Waals surface area contributed by atoms with Gasteiger partial charge in [-0.25, -0.2) is 0 Å². The van der Waals surface area contributed by atoms with Crippen LogP contribution in [0.5, 0.6) is 5.75 Å². The lowest BCUT2D eigenvalue weighted by Crippen LogP contribution is -2.17. The Morgan fingerprint density at radius 3 is 2.78 bits per heavy atom. The topological polar surface area (TPSA) is 39.7 Å². The highest BCUT2D eigenvalue weighted by Crippen LogP contribution is 2.12. The molecule has 0 saturated carbocycles. The Kier molecular flexibility index (Phi) is 5.45. The first-order valence-corrected chi connectivity index (χ1v) is 6.44. The second-order valence-corrected chi connectivity index (χ2v) is 4.38. The molecule has 1 unspecified atom stereocenters. The molecule has 0 bridgehead atoms. The van der Waals surface area contributed by atoms with E-state index in [0.29, 0.717) is 13.2 Å². The molecule has 1 atom stereocenters. The highest BCUT2D eigenvalue weighted by Gasteiger charge is 2.15. The third-order valence-corrected chi connectivity index (χ3v) is 2.90. The molecular formula is C14H21NO3. The van der Waals surface area contributed by atoms with Crippen LogP contribution < -0.4 is 10.1 Å². The molecule has 4 nitrogen and oxygen atoms in total. The van der Waals surface area contributed by atoms with Crippen molar-refractivity contribution in [2.24, 2.45) is 0 Å². The molecule has 1 fully saturated rings. The highest BCUT2D eigenvalue weighted by molar-refractivity contribution is 5.27. The lowest BCUT2D eigenvalue weighted by Gasteiger charge is -2.11. The van der Waals surface area contributed by atoms with Gasteiger partial charge in [0.25, 0.3) is 0 Å². The third kappa shape index (κ3) is 4.29. The fourth-order valence-corrected chi connectivity index (χ4v) is 1.93. The zero-order valence-electron chi connectivity index (χ0n) is 10.9. The molecule has 18 heavy (non-hydrogen) atoms. The van der Waals surface area contributed by atoms with Crippen LogP contribution >= 0.6 is 0 Å². The van der Waals surface area contributed by atoms with Gasteiger partial charge in [0.05, 0.1) is 19.3 Å². The summed E-state index contributed by atoms with van der Waals surface area (Å²) in [4.78, 5) is 0. The largest absolute Gasteiger partial charge is 0.491 e. The molecule has 0 radical (unpaired) electrons. The summed E-state index contributed by atoms with van der Waals surface area (Å²) in [6, 6.07) is 8.12. The molecule has 1 aromatic rings. The van der Waals surface area contributed by atoms with Gasteiger partial charge in [0.1, 0.15) is 12.4 Å². The Labute approximate surface area is 108 Å². The van der Waals surface area contributed by atoms with Crippen LogP contribution in [0.1, 0.15) is 12.0 Å². The monoisotopic (exact) mass is 251 g/mol. The summed E-state index contributed by atoms with van der Waals surface area (Å²) < 4.78 is 16.5. The maximum atomic E-state index is 5.63. The van der Waals surface area contributed by atoms with E-state index in [4.69, 9.17) is 14.2 Å². The second kappa shape index (κ2) is 7.36. The van der Waals surface area contributed by atoms with Crippen LogP contribution in [0.3, 0.4) is 0 Å². The van der Waals surface area contributed by atoms with Crippen molar-refractivity contribution in [1.29, 1.82) is 0 Å². The number of hydrogen-bond acceptors (Lipinski definition) is 4. The summed E-state index contributed by atoms with van der Waals surface area (Å²) in [6.45, 7) is 3.62. The van der Waals surface area contributed by atoms with Crippen LogP contribution in [-0.2, 0) is 16.0 Å². The van der Waals surface area contributed by atoms with Gasteiger partial charge in [-0.3, -0.25) is 0 Å². The summed E-state index contributed by atoms with van der Waals surface area (Å²) in [6.07, 6.45) is 1.25. The van der Waals surface area contributed by atoms with Gasteiger partial charge in [-0.1, -0.05) is 12.1 Å². The number of nitrogens with one attached hydrogen (secondary N) is 1. The summed E-state index contributed by atoms with van der Waals surface area (Å²) in [7, 11) is 1.94. The van der Waals surface area contributed by atoms with E-state index in [1.54, 1.807) is 0 Å². The Hall–Kier alpha value is -1.10. The van der Waals surface area contributed by atoms with Crippen molar-refractivity contribution in [2.75, 3.05) is 33.5 Å². The average Bonchev–Trinajstić information content (AvgIpc) is 2.90. The van der Waals surface area contributed by atoms with E-state index in [2.05, 4.69) is 17.4 Å². The Bertz CT molecular complexity index is 333. The van der Waals surface area contributed by atoms with Crippen LogP contribution in [0.25, 0.3) is 0 Å². The number of rotatable bonds is 7. The summed E-state index contributed by atoms with van der Waals surface area (Å²) in [5.74, 6) is 0.890. The Morgan fingerprint density at radius 1 is 1.28 bits per heavy atom. The van der Waals surface area contributed by atoms with E-state index in [-0.39, 0.29) is 6.10 Å². The predicted octanol–water partition coefficient (Wildman–Crippen LogP) is 1.59. The van der Waals surface area contributed by atoms with Gasteiger partial charge < -0.3 is 19.5 Å². The van der Waals surface area contributed by atoms with Gasteiger partial charge in [0.15, 0.2) is 0 Å². The van der Waals surface area contributed by atoms with Crippen molar-refractivity contribution in [1.82, 2.24) is 5.32 Å². The van der Waals surface area contributed by atoms with E-state index in [9.17, 15) is 0 Å². The van der Waals surface area contributed by atoms with Gasteiger partial charge in [-0.05, 0) is 31.2 Å². The van der Waals surface area contributed by atoms with Gasteiger partial charge in [-0.2, -0.15) is 0 Å². The number of ether oxygens (including phenoxy) is 3. The summed E-state index contributed by atoms with van der Waals surface area (Å²) in [5.41, 5.74) is 1.25. The van der Waals surface area contributed by atoms with Crippen molar-refractivity contribution < 1.29 is 14.2 Å². The zero-order valence-corrected chi connectivity index (χ0v) is 10.9. The Morgan fingerprint density at radius 2 is 2.11 bits per heavy atom. The molecule has 1 heterocycles. The highest BCUT2D eigenvalue weighted by atomic mass is 16.6. The van der Waals surface area contributed by atoms with Crippen LogP contribution in [0.15, 0.2) is 24.3 Å². The molecule has 0 aliphatic carbocycles. The first-order chi connectivity index (χ1) is 8.88. The van der Waals surface area contributed by atoms with Gasteiger partial charge >= 0.3 is 0 Å². The lowest BCUT2D eigenvalue weighted by atomic mass is 10.2. The van der Waals surface area contributed by atoms with E-state index in [1.807, 2.05) is 19.2 Å². The van der Waals surface area contributed by atoms with Gasteiger partial charge in [-0.15, -0.1) is 0 Å². The minimum absolute atomic E-state index is 0.256. The van der Waals surface area contributed by atoms with E-state index in [0.717, 1.165) is 31.9 Å². The molecule has 1 aliphatic heterocycles. The first-order valence-electron chi connectivity index (χ1n) is 6.44. The minimum Gasteiger partial charge on any atom is -0.491 e. The molecule has 0 amide bonds. The third-order valence-electron chi connectivity index (χ3n) is 2.90. The maximum Gasteiger partial charge on any atom is 0.119 e. The van der Waals surface area contributed by atoms with E-state index < -0.39 is 0 Å². The smallest absolute Gasteiger partial charge is 0.119 e. The molecule has 1 aromatic carbocycles. The van der Waals surface area contributed by atoms with E-state index in [1.165, 1.54) is 5.56 Å². The van der Waals surface area contributed by atoms with Crippen LogP contribution in [-0.4, -0.2) is 39.6 Å². The second-order valence-electron chi connectivity index (χ2n) is 4.38. The minimum atomic E-state index is 0.256. The summed E-state index contributed by atoms with van der Waals surface area (Å²) >= 11 is 0.